The van der Waals surface area contributed by atoms with Crippen LogP contribution in [0.3, 0.4) is 0 Å². The number of nitriles is 1. The maximum atomic E-state index is 13.5. The van der Waals surface area contributed by atoms with Crippen LogP contribution in [0, 0.1) is 35.8 Å². The number of hydrogen-bond donors (Lipinski definition) is 1. The summed E-state index contributed by atoms with van der Waals surface area (Å²) in [4.78, 5) is 11.8. The van der Waals surface area contributed by atoms with Crippen molar-refractivity contribution in [1.82, 2.24) is 5.32 Å². The molecule has 2 rings (SSSR count). The quantitative estimate of drug-likeness (QED) is 0.894. The van der Waals surface area contributed by atoms with E-state index in [0.29, 0.717) is 6.07 Å². The molecule has 1 atom stereocenters. The van der Waals surface area contributed by atoms with Gasteiger partial charge in [0.2, 0.25) is 0 Å². The normalized spacial score (nSPS) is 15.9. The molecule has 1 unspecified atom stereocenters. The van der Waals surface area contributed by atoms with Crippen molar-refractivity contribution in [2.45, 2.75) is 25.8 Å². The second-order valence-electron chi connectivity index (χ2n) is 4.50. The molecule has 1 saturated carbocycles. The standard InChI is InChI=1S/C13H12F2N2O/c1-7-4-9(11(15)5-10(7)14)13(18)17-12(6-16)8-2-3-8/h4-5,8,12H,2-3H2,1H3,(H,17,18). The predicted octanol–water partition coefficient (Wildman–Crippen LogP) is 2.31. The number of benzene rings is 1. The Labute approximate surface area is 103 Å². The number of aryl methyl sites for hydroxylation is 1. The SMILES string of the molecule is Cc1cc(C(=O)NC(C#N)C2CC2)c(F)cc1F. The second kappa shape index (κ2) is 4.73. The third-order valence-electron chi connectivity index (χ3n) is 3.01. The van der Waals surface area contributed by atoms with Crippen LogP contribution in [0.15, 0.2) is 12.1 Å². The fourth-order valence-corrected chi connectivity index (χ4v) is 1.74. The van der Waals surface area contributed by atoms with Gasteiger partial charge in [-0.2, -0.15) is 5.26 Å². The molecule has 1 aromatic carbocycles. The Morgan fingerprint density at radius 2 is 2.11 bits per heavy atom. The summed E-state index contributed by atoms with van der Waals surface area (Å²) in [5.41, 5.74) is -0.0312. The molecule has 1 fully saturated rings. The van der Waals surface area contributed by atoms with Gasteiger partial charge in [-0.15, -0.1) is 0 Å². The molecule has 3 nitrogen and oxygen atoms in total. The highest BCUT2D eigenvalue weighted by Gasteiger charge is 2.33. The van der Waals surface area contributed by atoms with Crippen molar-refractivity contribution in [1.29, 1.82) is 5.26 Å². The van der Waals surface area contributed by atoms with Crippen LogP contribution in [0.1, 0.15) is 28.8 Å². The molecule has 0 aliphatic heterocycles. The lowest BCUT2D eigenvalue weighted by molar-refractivity contribution is 0.0937. The van der Waals surface area contributed by atoms with Crippen LogP contribution >= 0.6 is 0 Å². The number of hydrogen-bond acceptors (Lipinski definition) is 2. The molecule has 0 heterocycles. The number of carbonyl (C=O) groups excluding carboxylic acids is 1. The molecule has 0 saturated heterocycles. The zero-order valence-corrected chi connectivity index (χ0v) is 9.84. The van der Waals surface area contributed by atoms with Crippen LogP contribution in [0.2, 0.25) is 0 Å². The Morgan fingerprint density at radius 3 is 2.67 bits per heavy atom. The molecule has 1 aliphatic carbocycles. The number of rotatable bonds is 3. The van der Waals surface area contributed by atoms with Crippen molar-refractivity contribution < 1.29 is 13.6 Å². The van der Waals surface area contributed by atoms with Gasteiger partial charge in [0, 0.05) is 6.07 Å². The largest absolute Gasteiger partial charge is 0.336 e. The topological polar surface area (TPSA) is 52.9 Å². The number of nitrogens with one attached hydrogen (secondary N) is 1. The van der Waals surface area contributed by atoms with E-state index >= 15 is 0 Å². The summed E-state index contributed by atoms with van der Waals surface area (Å²) in [6, 6.07) is 3.22. The Kier molecular flexibility index (Phi) is 3.28. The lowest BCUT2D eigenvalue weighted by Gasteiger charge is -2.11. The monoisotopic (exact) mass is 250 g/mol. The molecule has 0 aromatic heterocycles. The fourth-order valence-electron chi connectivity index (χ4n) is 1.74. The van der Waals surface area contributed by atoms with E-state index in [1.54, 1.807) is 0 Å². The highest BCUT2D eigenvalue weighted by atomic mass is 19.1. The number of nitrogens with zero attached hydrogens (tertiary/aromatic N) is 1. The first-order valence-corrected chi connectivity index (χ1v) is 5.69. The van der Waals surface area contributed by atoms with Crippen LogP contribution in [-0.2, 0) is 0 Å². The van der Waals surface area contributed by atoms with E-state index in [4.69, 9.17) is 5.26 Å². The van der Waals surface area contributed by atoms with Gasteiger partial charge in [0.05, 0.1) is 11.6 Å². The van der Waals surface area contributed by atoms with Crippen molar-refractivity contribution in [2.75, 3.05) is 0 Å². The van der Waals surface area contributed by atoms with Gasteiger partial charge in [-0.1, -0.05) is 0 Å². The summed E-state index contributed by atoms with van der Waals surface area (Å²) in [5.74, 6) is -2.12. The van der Waals surface area contributed by atoms with Gasteiger partial charge >= 0.3 is 0 Å². The summed E-state index contributed by atoms with van der Waals surface area (Å²) < 4.78 is 26.5. The molecular weight excluding hydrogens is 238 g/mol. The van der Waals surface area contributed by atoms with Crippen LogP contribution in [0.25, 0.3) is 0 Å². The zero-order valence-electron chi connectivity index (χ0n) is 9.84. The van der Waals surface area contributed by atoms with Crippen LogP contribution in [0.5, 0.6) is 0 Å². The van der Waals surface area contributed by atoms with E-state index < -0.39 is 23.6 Å². The summed E-state index contributed by atoms with van der Waals surface area (Å²) in [6.07, 6.45) is 1.78. The van der Waals surface area contributed by atoms with Gasteiger partial charge in [0.25, 0.3) is 5.91 Å². The average Bonchev–Trinajstić information content (AvgIpc) is 3.14. The van der Waals surface area contributed by atoms with Crippen LogP contribution < -0.4 is 5.32 Å². The Bertz CT molecular complexity index is 533. The molecular formula is C13H12F2N2O. The first-order valence-electron chi connectivity index (χ1n) is 5.69. The minimum atomic E-state index is -0.914. The molecule has 94 valence electrons. The molecule has 0 bridgehead atoms. The van der Waals surface area contributed by atoms with Gasteiger partial charge in [-0.05, 0) is 37.3 Å². The van der Waals surface area contributed by atoms with Crippen molar-refractivity contribution in [3.8, 4) is 6.07 Å². The molecule has 1 aliphatic rings. The van der Waals surface area contributed by atoms with E-state index in [0.717, 1.165) is 18.9 Å². The van der Waals surface area contributed by atoms with Gasteiger partial charge in [0.1, 0.15) is 17.7 Å². The maximum Gasteiger partial charge on any atom is 0.255 e. The summed E-state index contributed by atoms with van der Waals surface area (Å²) in [5, 5.41) is 11.4. The summed E-state index contributed by atoms with van der Waals surface area (Å²) in [6.45, 7) is 1.45. The van der Waals surface area contributed by atoms with Crippen molar-refractivity contribution in [3.05, 3.63) is 34.9 Å². The molecule has 1 amide bonds. The summed E-state index contributed by atoms with van der Waals surface area (Å²) in [7, 11) is 0. The first kappa shape index (κ1) is 12.5. The minimum absolute atomic E-state index is 0.156. The number of carbonyl (C=O) groups is 1. The third-order valence-corrected chi connectivity index (χ3v) is 3.01. The number of halogens is 2. The van der Waals surface area contributed by atoms with E-state index in [-0.39, 0.29) is 17.0 Å². The van der Waals surface area contributed by atoms with Crippen molar-refractivity contribution >= 4 is 5.91 Å². The molecule has 5 heteroatoms. The zero-order chi connectivity index (χ0) is 13.3. The first-order chi connectivity index (χ1) is 8.52. The lowest BCUT2D eigenvalue weighted by atomic mass is 10.1. The molecule has 0 spiro atoms. The third kappa shape index (κ3) is 2.48. The lowest BCUT2D eigenvalue weighted by Crippen LogP contribution is -2.35. The molecule has 18 heavy (non-hydrogen) atoms. The minimum Gasteiger partial charge on any atom is -0.336 e. The van der Waals surface area contributed by atoms with Crippen molar-refractivity contribution in [2.24, 2.45) is 5.92 Å². The van der Waals surface area contributed by atoms with Crippen molar-refractivity contribution in [3.63, 3.8) is 0 Å². The molecule has 0 radical (unpaired) electrons. The Balaban J connectivity index is 2.18. The summed E-state index contributed by atoms with van der Waals surface area (Å²) >= 11 is 0. The Morgan fingerprint density at radius 1 is 1.44 bits per heavy atom. The number of amides is 1. The Hall–Kier alpha value is -1.96. The second-order valence-corrected chi connectivity index (χ2v) is 4.50. The van der Waals surface area contributed by atoms with E-state index in [1.807, 2.05) is 6.07 Å². The van der Waals surface area contributed by atoms with Gasteiger partial charge < -0.3 is 5.32 Å². The van der Waals surface area contributed by atoms with E-state index in [2.05, 4.69) is 5.32 Å². The van der Waals surface area contributed by atoms with Gasteiger partial charge in [-0.25, -0.2) is 8.78 Å². The van der Waals surface area contributed by atoms with E-state index in [9.17, 15) is 13.6 Å². The van der Waals surface area contributed by atoms with E-state index in [1.165, 1.54) is 6.92 Å². The highest BCUT2D eigenvalue weighted by molar-refractivity contribution is 5.95. The van der Waals surface area contributed by atoms with Crippen LogP contribution in [0.4, 0.5) is 8.78 Å². The predicted molar refractivity (Wildman–Crippen MR) is 60.7 cm³/mol. The van der Waals surface area contributed by atoms with Gasteiger partial charge in [-0.3, -0.25) is 4.79 Å². The molecule has 1 aromatic rings. The smallest absolute Gasteiger partial charge is 0.255 e. The highest BCUT2D eigenvalue weighted by Crippen LogP contribution is 2.32. The average molecular weight is 250 g/mol. The fraction of sp³-hybridized carbons (Fsp3) is 0.385. The maximum absolute atomic E-state index is 13.5. The molecule has 1 N–H and O–H groups in total. The van der Waals surface area contributed by atoms with Gasteiger partial charge in [0.15, 0.2) is 0 Å². The van der Waals surface area contributed by atoms with Crippen LogP contribution in [-0.4, -0.2) is 11.9 Å².